The maximum Gasteiger partial charge on any atom is 0.106 e. The molecule has 3 nitrogen and oxygen atoms in total. The second kappa shape index (κ2) is 12.7. The molecule has 1 rings (SSSR count). The molecular weight excluding hydrogens is 238 g/mol. The summed E-state index contributed by atoms with van der Waals surface area (Å²) >= 11 is 5.61. The van der Waals surface area contributed by atoms with Crippen molar-refractivity contribution >= 4 is 24.1 Å². The van der Waals surface area contributed by atoms with E-state index in [2.05, 4.69) is 11.3 Å². The summed E-state index contributed by atoms with van der Waals surface area (Å²) < 4.78 is 4.54. The van der Waals surface area contributed by atoms with Crippen LogP contribution in [0.4, 0.5) is 0 Å². The number of halogens is 1. The molecule has 0 fully saturated rings. The van der Waals surface area contributed by atoms with E-state index in [1.807, 2.05) is 38.0 Å². The molecule has 0 heterocycles. The lowest BCUT2D eigenvalue weighted by atomic mass is 10.1. The molecule has 1 aromatic rings. The van der Waals surface area contributed by atoms with Gasteiger partial charge < -0.3 is 15.3 Å². The van der Waals surface area contributed by atoms with Gasteiger partial charge in [-0.2, -0.15) is 0 Å². The highest BCUT2D eigenvalue weighted by molar-refractivity contribution is 6.17. The average Bonchev–Trinajstić information content (AvgIpc) is 2.41. The van der Waals surface area contributed by atoms with Crippen molar-refractivity contribution in [2.75, 3.05) is 13.7 Å². The first-order chi connectivity index (χ1) is 8.15. The van der Waals surface area contributed by atoms with Gasteiger partial charge in [0.1, 0.15) is 6.79 Å². The van der Waals surface area contributed by atoms with E-state index >= 15 is 0 Å². The molecule has 2 N–H and O–H groups in total. The zero-order valence-electron chi connectivity index (χ0n) is 10.4. The van der Waals surface area contributed by atoms with Gasteiger partial charge in [0.25, 0.3) is 0 Å². The molecule has 0 aliphatic carbocycles. The van der Waals surface area contributed by atoms with E-state index in [1.54, 1.807) is 7.11 Å². The molecular formula is C13H20ClNO2. The third-order valence-electron chi connectivity index (χ3n) is 1.77. The van der Waals surface area contributed by atoms with Crippen LogP contribution < -0.4 is 5.73 Å². The largest absolute Gasteiger partial charge is 0.399 e. The summed E-state index contributed by atoms with van der Waals surface area (Å²) in [5.41, 5.74) is 8.12. The molecule has 17 heavy (non-hydrogen) atoms. The van der Waals surface area contributed by atoms with E-state index in [-0.39, 0.29) is 0 Å². The third kappa shape index (κ3) is 9.60. The first-order valence-electron chi connectivity index (χ1n) is 5.03. The SMILES string of the molecule is C=C(N)c1ccc(CCl)cc1.C=O.CCOC. The molecule has 0 saturated carbocycles. The van der Waals surface area contributed by atoms with Gasteiger partial charge >= 0.3 is 0 Å². The average molecular weight is 258 g/mol. The van der Waals surface area contributed by atoms with Gasteiger partial charge in [0.15, 0.2) is 0 Å². The predicted octanol–water partition coefficient (Wildman–Crippen LogP) is 2.82. The lowest BCUT2D eigenvalue weighted by Crippen LogP contribution is -1.93. The van der Waals surface area contributed by atoms with Crippen LogP contribution in [0.25, 0.3) is 5.70 Å². The molecule has 0 aromatic heterocycles. The highest BCUT2D eigenvalue weighted by Gasteiger charge is 1.93. The highest BCUT2D eigenvalue weighted by atomic mass is 35.5. The van der Waals surface area contributed by atoms with Crippen molar-refractivity contribution in [3.63, 3.8) is 0 Å². The molecule has 0 amide bonds. The Morgan fingerprint density at radius 3 is 2.00 bits per heavy atom. The Kier molecular flexibility index (Phi) is 13.5. The Hall–Kier alpha value is -1.32. The van der Waals surface area contributed by atoms with Crippen LogP contribution in [0.15, 0.2) is 30.8 Å². The molecule has 0 radical (unpaired) electrons. The molecule has 0 spiro atoms. The Morgan fingerprint density at radius 1 is 1.35 bits per heavy atom. The van der Waals surface area contributed by atoms with Gasteiger partial charge in [0.2, 0.25) is 0 Å². The van der Waals surface area contributed by atoms with Crippen LogP contribution in [0.2, 0.25) is 0 Å². The summed E-state index contributed by atoms with van der Waals surface area (Å²) in [6, 6.07) is 7.72. The van der Waals surface area contributed by atoms with E-state index < -0.39 is 0 Å². The maximum absolute atomic E-state index is 8.00. The summed E-state index contributed by atoms with van der Waals surface area (Å²) in [7, 11) is 1.68. The van der Waals surface area contributed by atoms with Gasteiger partial charge in [-0.1, -0.05) is 30.8 Å². The topological polar surface area (TPSA) is 52.3 Å². The van der Waals surface area contributed by atoms with E-state index in [1.165, 1.54) is 0 Å². The Balaban J connectivity index is 0. The fourth-order valence-electron chi connectivity index (χ4n) is 0.808. The quantitative estimate of drug-likeness (QED) is 0.848. The van der Waals surface area contributed by atoms with E-state index in [4.69, 9.17) is 22.1 Å². The number of carbonyl (C=O) groups excluding carboxylic acids is 1. The third-order valence-corrected chi connectivity index (χ3v) is 2.08. The van der Waals surface area contributed by atoms with Crippen molar-refractivity contribution in [1.82, 2.24) is 0 Å². The highest BCUT2D eigenvalue weighted by Crippen LogP contribution is 2.10. The summed E-state index contributed by atoms with van der Waals surface area (Å²) in [6.45, 7) is 8.40. The second-order valence-corrected chi connectivity index (χ2v) is 3.20. The monoisotopic (exact) mass is 257 g/mol. The van der Waals surface area contributed by atoms with Gasteiger partial charge in [0, 0.05) is 25.3 Å². The molecule has 96 valence electrons. The summed E-state index contributed by atoms with van der Waals surface area (Å²) in [6.07, 6.45) is 0. The van der Waals surface area contributed by atoms with Crippen LogP contribution >= 0.6 is 11.6 Å². The minimum Gasteiger partial charge on any atom is -0.399 e. The van der Waals surface area contributed by atoms with Gasteiger partial charge in [-0.15, -0.1) is 11.6 Å². The van der Waals surface area contributed by atoms with E-state index in [9.17, 15) is 0 Å². The van der Waals surface area contributed by atoms with Gasteiger partial charge in [0.05, 0.1) is 0 Å². The summed E-state index contributed by atoms with van der Waals surface area (Å²) in [4.78, 5) is 8.00. The van der Waals surface area contributed by atoms with Crippen LogP contribution in [0.3, 0.4) is 0 Å². The molecule has 0 atom stereocenters. The van der Waals surface area contributed by atoms with Crippen molar-refractivity contribution in [2.45, 2.75) is 12.8 Å². The van der Waals surface area contributed by atoms with Crippen LogP contribution in [-0.4, -0.2) is 20.5 Å². The number of alkyl halides is 1. The van der Waals surface area contributed by atoms with Crippen molar-refractivity contribution in [2.24, 2.45) is 5.73 Å². The lowest BCUT2D eigenvalue weighted by Gasteiger charge is -1.99. The number of nitrogens with two attached hydrogens (primary N) is 1. The van der Waals surface area contributed by atoms with Crippen molar-refractivity contribution in [1.29, 1.82) is 0 Å². The Morgan fingerprint density at radius 2 is 1.76 bits per heavy atom. The normalized spacial score (nSPS) is 8.18. The number of carbonyl (C=O) groups is 1. The minimum atomic E-state index is 0.539. The zero-order valence-corrected chi connectivity index (χ0v) is 11.2. The molecule has 0 aliphatic heterocycles. The second-order valence-electron chi connectivity index (χ2n) is 2.93. The smallest absolute Gasteiger partial charge is 0.106 e. The number of methoxy groups -OCH3 is 1. The molecule has 0 saturated heterocycles. The van der Waals surface area contributed by atoms with Crippen LogP contribution in [0, 0.1) is 0 Å². The lowest BCUT2D eigenvalue weighted by molar-refractivity contribution is -0.0979. The number of ether oxygens (including phenoxy) is 1. The molecule has 4 heteroatoms. The molecule has 1 aromatic carbocycles. The van der Waals surface area contributed by atoms with Crippen molar-refractivity contribution in [3.8, 4) is 0 Å². The number of rotatable bonds is 3. The van der Waals surface area contributed by atoms with Gasteiger partial charge in [-0.25, -0.2) is 0 Å². The van der Waals surface area contributed by atoms with Crippen LogP contribution in [0.1, 0.15) is 18.1 Å². The Labute approximate surface area is 108 Å². The summed E-state index contributed by atoms with van der Waals surface area (Å²) in [5.74, 6) is 0.539. The van der Waals surface area contributed by atoms with Crippen molar-refractivity contribution < 1.29 is 9.53 Å². The molecule has 0 unspecified atom stereocenters. The standard InChI is InChI=1S/C9H10ClN.C3H8O.CH2O/c1-7(11)9-4-2-8(6-10)3-5-9;1-3-4-2;1-2/h2-5H,1,6,11H2;3H2,1-2H3;1H2. The molecule has 0 aliphatic rings. The fourth-order valence-corrected chi connectivity index (χ4v) is 0.986. The summed E-state index contributed by atoms with van der Waals surface area (Å²) in [5, 5.41) is 0. The Bertz CT molecular complexity index is 297. The van der Waals surface area contributed by atoms with Crippen LogP contribution in [0.5, 0.6) is 0 Å². The van der Waals surface area contributed by atoms with Crippen molar-refractivity contribution in [3.05, 3.63) is 42.0 Å². The maximum atomic E-state index is 8.00. The van der Waals surface area contributed by atoms with Gasteiger partial charge in [-0.3, -0.25) is 0 Å². The van der Waals surface area contributed by atoms with Crippen LogP contribution in [-0.2, 0) is 15.4 Å². The van der Waals surface area contributed by atoms with E-state index in [0.717, 1.165) is 17.7 Å². The number of hydrogen-bond acceptors (Lipinski definition) is 3. The first kappa shape index (κ1) is 18.1. The minimum absolute atomic E-state index is 0.539. The molecule has 0 bridgehead atoms. The van der Waals surface area contributed by atoms with Gasteiger partial charge in [-0.05, 0) is 18.1 Å². The first-order valence-corrected chi connectivity index (χ1v) is 5.56. The predicted molar refractivity (Wildman–Crippen MR) is 73.9 cm³/mol. The fraction of sp³-hybridized carbons (Fsp3) is 0.308. The number of hydrogen-bond donors (Lipinski definition) is 1. The number of benzene rings is 1. The zero-order chi connectivity index (χ0) is 13.7. The van der Waals surface area contributed by atoms with E-state index in [0.29, 0.717) is 11.6 Å².